The molecule has 0 spiro atoms. The van der Waals surface area contributed by atoms with E-state index in [9.17, 15) is 0 Å². The van der Waals surface area contributed by atoms with Gasteiger partial charge in [0.2, 0.25) is 0 Å². The van der Waals surface area contributed by atoms with Crippen LogP contribution in [0.25, 0.3) is 0 Å². The molecular weight excluding hydrogens is 262 g/mol. The maximum Gasteiger partial charge on any atom is 0.151 e. The number of furan rings is 1. The van der Waals surface area contributed by atoms with Crippen molar-refractivity contribution in [3.8, 4) is 0 Å². The van der Waals surface area contributed by atoms with Gasteiger partial charge in [0.1, 0.15) is 11.6 Å². The molecule has 0 aliphatic carbocycles. The molecule has 2 heterocycles. The molecule has 0 bridgehead atoms. The van der Waals surface area contributed by atoms with Gasteiger partial charge in [-0.15, -0.1) is 0 Å². The molecule has 2 N–H and O–H groups in total. The molecule has 0 unspecified atom stereocenters. The Kier molecular flexibility index (Phi) is 5.05. The smallest absolute Gasteiger partial charge is 0.151 e. The van der Waals surface area contributed by atoms with Gasteiger partial charge < -0.3 is 14.7 Å². The molecule has 0 saturated carbocycles. The van der Waals surface area contributed by atoms with E-state index >= 15 is 0 Å². The first-order valence-corrected chi connectivity index (χ1v) is 7.08. The third-order valence-electron chi connectivity index (χ3n) is 3.10. The number of H-pyrrole nitrogens is 1. The van der Waals surface area contributed by atoms with Gasteiger partial charge in [-0.25, -0.2) is 4.98 Å². The largest absolute Gasteiger partial charge is 0.468 e. The summed E-state index contributed by atoms with van der Waals surface area (Å²) >= 11 is 6.13. The van der Waals surface area contributed by atoms with Crippen molar-refractivity contribution in [2.75, 3.05) is 0 Å². The average Bonchev–Trinajstić information content (AvgIpc) is 3.03. The number of imidazole rings is 1. The van der Waals surface area contributed by atoms with Crippen molar-refractivity contribution in [3.63, 3.8) is 0 Å². The number of aromatic amines is 1. The predicted octanol–water partition coefficient (Wildman–Crippen LogP) is 3.85. The van der Waals surface area contributed by atoms with Gasteiger partial charge in [0.05, 0.1) is 18.0 Å². The zero-order chi connectivity index (χ0) is 13.7. The Hall–Kier alpha value is -1.26. The Morgan fingerprint density at radius 1 is 1.53 bits per heavy atom. The quantitative estimate of drug-likeness (QED) is 0.810. The van der Waals surface area contributed by atoms with Gasteiger partial charge in [-0.1, -0.05) is 24.9 Å². The minimum absolute atomic E-state index is 0.147. The molecule has 0 aliphatic rings. The van der Waals surface area contributed by atoms with Crippen LogP contribution in [0.5, 0.6) is 0 Å². The molecule has 0 aromatic carbocycles. The molecule has 0 radical (unpaired) electrons. The summed E-state index contributed by atoms with van der Waals surface area (Å²) in [5.41, 5.74) is 0.936. The fraction of sp³-hybridized carbons (Fsp3) is 0.500. The second-order valence-electron chi connectivity index (χ2n) is 4.67. The Labute approximate surface area is 118 Å². The van der Waals surface area contributed by atoms with E-state index in [-0.39, 0.29) is 6.04 Å². The summed E-state index contributed by atoms with van der Waals surface area (Å²) in [5, 5.41) is 3.92. The number of unbranched alkanes of at least 4 members (excludes halogenated alkanes) is 1. The minimum atomic E-state index is 0.147. The topological polar surface area (TPSA) is 53.9 Å². The van der Waals surface area contributed by atoms with Crippen LogP contribution in [-0.2, 0) is 13.0 Å². The molecule has 1 atom stereocenters. The molecule has 2 aromatic rings. The van der Waals surface area contributed by atoms with Gasteiger partial charge in [0.15, 0.2) is 5.15 Å². The third-order valence-corrected chi connectivity index (χ3v) is 3.41. The zero-order valence-corrected chi connectivity index (χ0v) is 12.1. The summed E-state index contributed by atoms with van der Waals surface area (Å²) in [7, 11) is 0. The summed E-state index contributed by atoms with van der Waals surface area (Å²) in [6.07, 6.45) is 4.91. The van der Waals surface area contributed by atoms with E-state index in [0.29, 0.717) is 11.7 Å². The van der Waals surface area contributed by atoms with Crippen molar-refractivity contribution in [2.45, 2.75) is 45.7 Å². The first-order valence-electron chi connectivity index (χ1n) is 6.70. The van der Waals surface area contributed by atoms with E-state index < -0.39 is 0 Å². The fourth-order valence-corrected chi connectivity index (χ4v) is 2.13. The van der Waals surface area contributed by atoms with Crippen molar-refractivity contribution < 1.29 is 4.42 Å². The molecule has 0 amide bonds. The second kappa shape index (κ2) is 6.78. The summed E-state index contributed by atoms with van der Waals surface area (Å²) in [4.78, 5) is 7.62. The van der Waals surface area contributed by atoms with Gasteiger partial charge in [0.25, 0.3) is 0 Å². The Balaban J connectivity index is 1.90. The van der Waals surface area contributed by atoms with Gasteiger partial charge in [-0.2, -0.15) is 0 Å². The summed E-state index contributed by atoms with van der Waals surface area (Å²) in [5.74, 6) is 1.89. The SMILES string of the molecule is CCCCc1nc(Cl)c(CN[C@H](C)c2ccco2)[nH]1. The van der Waals surface area contributed by atoms with E-state index in [1.54, 1.807) is 6.26 Å². The highest BCUT2D eigenvalue weighted by molar-refractivity contribution is 6.30. The van der Waals surface area contributed by atoms with Gasteiger partial charge in [0, 0.05) is 13.0 Å². The summed E-state index contributed by atoms with van der Waals surface area (Å²) < 4.78 is 5.35. The van der Waals surface area contributed by atoms with Gasteiger partial charge in [-0.05, 0) is 25.5 Å². The molecular formula is C14H20ClN3O. The Bertz CT molecular complexity index is 493. The number of nitrogens with zero attached hydrogens (tertiary/aromatic N) is 1. The highest BCUT2D eigenvalue weighted by Crippen LogP contribution is 2.17. The van der Waals surface area contributed by atoms with Crippen LogP contribution in [0.15, 0.2) is 22.8 Å². The Morgan fingerprint density at radius 2 is 2.37 bits per heavy atom. The first-order chi connectivity index (χ1) is 9.20. The monoisotopic (exact) mass is 281 g/mol. The maximum atomic E-state index is 6.13. The number of aryl methyl sites for hydroxylation is 1. The molecule has 2 aromatic heterocycles. The molecule has 4 nitrogen and oxygen atoms in total. The van der Waals surface area contributed by atoms with E-state index in [2.05, 4.69) is 29.1 Å². The lowest BCUT2D eigenvalue weighted by Crippen LogP contribution is -2.18. The second-order valence-corrected chi connectivity index (χ2v) is 5.03. The van der Waals surface area contributed by atoms with Gasteiger partial charge >= 0.3 is 0 Å². The van der Waals surface area contributed by atoms with Crippen LogP contribution < -0.4 is 5.32 Å². The lowest BCUT2D eigenvalue weighted by atomic mass is 10.2. The van der Waals surface area contributed by atoms with E-state index in [4.69, 9.17) is 16.0 Å². The predicted molar refractivity (Wildman–Crippen MR) is 76.2 cm³/mol. The molecule has 0 fully saturated rings. The fourth-order valence-electron chi connectivity index (χ4n) is 1.91. The van der Waals surface area contributed by atoms with Crippen molar-refractivity contribution in [3.05, 3.63) is 40.8 Å². The molecule has 19 heavy (non-hydrogen) atoms. The van der Waals surface area contributed by atoms with Crippen LogP contribution in [0.2, 0.25) is 5.15 Å². The van der Waals surface area contributed by atoms with Crippen molar-refractivity contribution in [1.29, 1.82) is 0 Å². The van der Waals surface area contributed by atoms with E-state index in [1.807, 2.05) is 12.1 Å². The number of aromatic nitrogens is 2. The molecule has 0 saturated heterocycles. The molecule has 104 valence electrons. The molecule has 2 rings (SSSR count). The van der Waals surface area contributed by atoms with Crippen LogP contribution in [0.4, 0.5) is 0 Å². The highest BCUT2D eigenvalue weighted by Gasteiger charge is 2.11. The zero-order valence-electron chi connectivity index (χ0n) is 11.4. The van der Waals surface area contributed by atoms with Crippen molar-refractivity contribution in [1.82, 2.24) is 15.3 Å². The highest BCUT2D eigenvalue weighted by atomic mass is 35.5. The molecule has 0 aliphatic heterocycles. The normalized spacial score (nSPS) is 12.8. The van der Waals surface area contributed by atoms with Crippen LogP contribution in [0.1, 0.15) is 50.0 Å². The van der Waals surface area contributed by atoms with Crippen LogP contribution >= 0.6 is 11.6 Å². The average molecular weight is 282 g/mol. The van der Waals surface area contributed by atoms with Crippen molar-refractivity contribution >= 4 is 11.6 Å². The third kappa shape index (κ3) is 3.85. The lowest BCUT2D eigenvalue weighted by molar-refractivity contribution is 0.429. The van der Waals surface area contributed by atoms with Crippen LogP contribution in [0, 0.1) is 0 Å². The lowest BCUT2D eigenvalue weighted by Gasteiger charge is -2.10. The van der Waals surface area contributed by atoms with Crippen molar-refractivity contribution in [2.24, 2.45) is 0 Å². The van der Waals surface area contributed by atoms with E-state index in [1.165, 1.54) is 0 Å². The minimum Gasteiger partial charge on any atom is -0.468 e. The number of nitrogens with one attached hydrogen (secondary N) is 2. The van der Waals surface area contributed by atoms with Crippen LogP contribution in [-0.4, -0.2) is 9.97 Å². The van der Waals surface area contributed by atoms with Crippen LogP contribution in [0.3, 0.4) is 0 Å². The summed E-state index contributed by atoms with van der Waals surface area (Å²) in [6, 6.07) is 3.99. The number of hydrogen-bond donors (Lipinski definition) is 2. The van der Waals surface area contributed by atoms with E-state index in [0.717, 1.165) is 36.5 Å². The number of rotatable bonds is 7. The first kappa shape index (κ1) is 14.2. The number of halogens is 1. The summed E-state index contributed by atoms with van der Waals surface area (Å²) in [6.45, 7) is 4.87. The Morgan fingerprint density at radius 3 is 3.05 bits per heavy atom. The standard InChI is InChI=1S/C14H20ClN3O/c1-3-4-7-13-17-11(14(15)18-13)9-16-10(2)12-6-5-8-19-12/h5-6,8,10,16H,3-4,7,9H2,1-2H3,(H,17,18)/t10-/m1/s1. The molecule has 5 heteroatoms. The maximum absolute atomic E-state index is 6.13. The van der Waals surface area contributed by atoms with Gasteiger partial charge in [-0.3, -0.25) is 0 Å². The number of hydrogen-bond acceptors (Lipinski definition) is 3.